The van der Waals surface area contributed by atoms with Crippen molar-refractivity contribution in [2.45, 2.75) is 39.8 Å². The van der Waals surface area contributed by atoms with Crippen LogP contribution in [0.25, 0.3) is 0 Å². The van der Waals surface area contributed by atoms with Gasteiger partial charge >= 0.3 is 0 Å². The third-order valence-corrected chi connectivity index (χ3v) is 3.12. The highest BCUT2D eigenvalue weighted by molar-refractivity contribution is 5.97. The van der Waals surface area contributed by atoms with Gasteiger partial charge in [0.05, 0.1) is 6.10 Å². The Kier molecular flexibility index (Phi) is 6.37. The van der Waals surface area contributed by atoms with Crippen LogP contribution in [0.4, 0.5) is 0 Å². The third kappa shape index (κ3) is 5.55. The van der Waals surface area contributed by atoms with E-state index in [9.17, 15) is 14.7 Å². The molecule has 0 heterocycles. The number of hydrogen-bond donors (Lipinski definition) is 3. The maximum absolute atomic E-state index is 12.2. The van der Waals surface area contributed by atoms with Gasteiger partial charge in [-0.3, -0.25) is 9.59 Å². The molecule has 0 aromatic heterocycles. The number of hydrogen-bond acceptors (Lipinski definition) is 3. The van der Waals surface area contributed by atoms with Gasteiger partial charge in [-0.25, -0.2) is 0 Å². The molecule has 21 heavy (non-hydrogen) atoms. The molecule has 0 saturated heterocycles. The van der Waals surface area contributed by atoms with Crippen molar-refractivity contribution in [2.75, 3.05) is 6.54 Å². The Morgan fingerprint density at radius 3 is 2.19 bits per heavy atom. The van der Waals surface area contributed by atoms with Crippen LogP contribution in [0, 0.1) is 12.8 Å². The summed E-state index contributed by atoms with van der Waals surface area (Å²) in [6.45, 7) is 7.43. The Bertz CT molecular complexity index is 481. The molecule has 0 radical (unpaired) electrons. The molecule has 5 heteroatoms. The number of aryl methyl sites for hydroxylation is 1. The zero-order valence-electron chi connectivity index (χ0n) is 13.0. The summed E-state index contributed by atoms with van der Waals surface area (Å²) >= 11 is 0. The van der Waals surface area contributed by atoms with Crippen molar-refractivity contribution in [1.29, 1.82) is 0 Å². The van der Waals surface area contributed by atoms with Crippen LogP contribution < -0.4 is 10.6 Å². The quantitative estimate of drug-likeness (QED) is 0.738. The van der Waals surface area contributed by atoms with E-state index in [1.807, 2.05) is 32.9 Å². The van der Waals surface area contributed by atoms with Gasteiger partial charge in [-0.15, -0.1) is 0 Å². The van der Waals surface area contributed by atoms with Crippen LogP contribution in [0.1, 0.15) is 36.7 Å². The van der Waals surface area contributed by atoms with Gasteiger partial charge in [0.25, 0.3) is 5.91 Å². The van der Waals surface area contributed by atoms with E-state index in [0.717, 1.165) is 5.56 Å². The van der Waals surface area contributed by atoms with Gasteiger partial charge in [-0.2, -0.15) is 0 Å². The molecule has 5 nitrogen and oxygen atoms in total. The van der Waals surface area contributed by atoms with E-state index in [1.165, 1.54) is 0 Å². The average molecular weight is 292 g/mol. The molecule has 2 unspecified atom stereocenters. The van der Waals surface area contributed by atoms with Crippen LogP contribution in [-0.2, 0) is 4.79 Å². The highest BCUT2D eigenvalue weighted by Gasteiger charge is 2.24. The minimum Gasteiger partial charge on any atom is -0.392 e. The monoisotopic (exact) mass is 292 g/mol. The number of benzene rings is 1. The molecule has 1 rings (SSSR count). The third-order valence-electron chi connectivity index (χ3n) is 3.12. The number of nitrogens with one attached hydrogen (secondary N) is 2. The van der Waals surface area contributed by atoms with Gasteiger partial charge in [0, 0.05) is 12.1 Å². The number of aliphatic hydroxyl groups excluding tert-OH is 1. The van der Waals surface area contributed by atoms with Crippen LogP contribution >= 0.6 is 0 Å². The summed E-state index contributed by atoms with van der Waals surface area (Å²) in [5.41, 5.74) is 1.59. The maximum atomic E-state index is 12.2. The molecule has 3 N–H and O–H groups in total. The summed E-state index contributed by atoms with van der Waals surface area (Å²) in [7, 11) is 0. The lowest BCUT2D eigenvalue weighted by Gasteiger charge is -2.22. The standard InChI is InChI=1S/C16H24N2O3/c1-10(2)14(16(21)17-9-12(4)19)18-15(20)13-7-5-11(3)6-8-13/h5-8,10,12,14,19H,9H2,1-4H3,(H,17,21)(H,18,20). The maximum Gasteiger partial charge on any atom is 0.251 e. The van der Waals surface area contributed by atoms with Crippen LogP contribution in [0.2, 0.25) is 0 Å². The predicted octanol–water partition coefficient (Wildman–Crippen LogP) is 1.25. The normalized spacial score (nSPS) is 13.6. The number of rotatable bonds is 6. The first-order chi connectivity index (χ1) is 9.81. The van der Waals surface area contributed by atoms with E-state index in [0.29, 0.717) is 5.56 Å². The van der Waals surface area contributed by atoms with Crippen molar-refractivity contribution < 1.29 is 14.7 Å². The molecule has 0 bridgehead atoms. The molecule has 1 aromatic rings. The van der Waals surface area contributed by atoms with Crippen molar-refractivity contribution in [3.63, 3.8) is 0 Å². The lowest BCUT2D eigenvalue weighted by molar-refractivity contribution is -0.124. The summed E-state index contributed by atoms with van der Waals surface area (Å²) in [5, 5.41) is 14.6. The van der Waals surface area contributed by atoms with E-state index >= 15 is 0 Å². The minimum absolute atomic E-state index is 0.0478. The number of carbonyl (C=O) groups excluding carboxylic acids is 2. The summed E-state index contributed by atoms with van der Waals surface area (Å²) in [6, 6.07) is 6.54. The van der Waals surface area contributed by atoms with Crippen molar-refractivity contribution in [3.05, 3.63) is 35.4 Å². The Morgan fingerprint density at radius 2 is 1.71 bits per heavy atom. The fourth-order valence-electron chi connectivity index (χ4n) is 1.82. The first-order valence-electron chi connectivity index (χ1n) is 7.14. The topological polar surface area (TPSA) is 78.4 Å². The smallest absolute Gasteiger partial charge is 0.251 e. The lowest BCUT2D eigenvalue weighted by Crippen LogP contribution is -2.50. The Labute approximate surface area is 125 Å². The lowest BCUT2D eigenvalue weighted by atomic mass is 10.0. The van der Waals surface area contributed by atoms with Crippen LogP contribution in [-0.4, -0.2) is 35.6 Å². The molecule has 2 amide bonds. The van der Waals surface area contributed by atoms with E-state index in [4.69, 9.17) is 0 Å². The van der Waals surface area contributed by atoms with E-state index in [2.05, 4.69) is 10.6 Å². The summed E-state index contributed by atoms with van der Waals surface area (Å²) in [4.78, 5) is 24.2. The van der Waals surface area contributed by atoms with Crippen molar-refractivity contribution >= 4 is 11.8 Å². The Balaban J connectivity index is 2.71. The van der Waals surface area contributed by atoms with Gasteiger partial charge in [0.2, 0.25) is 5.91 Å². The summed E-state index contributed by atoms with van der Waals surface area (Å²) < 4.78 is 0. The van der Waals surface area contributed by atoms with Gasteiger partial charge in [-0.05, 0) is 31.9 Å². The summed E-state index contributed by atoms with van der Waals surface area (Å²) in [5.74, 6) is -0.611. The average Bonchev–Trinajstić information content (AvgIpc) is 2.42. The summed E-state index contributed by atoms with van der Waals surface area (Å²) in [6.07, 6.45) is -0.616. The van der Waals surface area contributed by atoms with Crippen LogP contribution in [0.3, 0.4) is 0 Å². The second-order valence-corrected chi connectivity index (χ2v) is 5.66. The molecule has 116 valence electrons. The fraction of sp³-hybridized carbons (Fsp3) is 0.500. The van der Waals surface area contributed by atoms with Gasteiger partial charge < -0.3 is 15.7 Å². The molecule has 0 aliphatic heterocycles. The van der Waals surface area contributed by atoms with E-state index in [1.54, 1.807) is 19.1 Å². The molecule has 0 spiro atoms. The fourth-order valence-corrected chi connectivity index (χ4v) is 1.82. The van der Waals surface area contributed by atoms with Gasteiger partial charge in [-0.1, -0.05) is 31.5 Å². The Hall–Kier alpha value is -1.88. The van der Waals surface area contributed by atoms with E-state index < -0.39 is 12.1 Å². The molecular weight excluding hydrogens is 268 g/mol. The highest BCUT2D eigenvalue weighted by Crippen LogP contribution is 2.07. The number of amides is 2. The molecule has 0 aliphatic rings. The largest absolute Gasteiger partial charge is 0.392 e. The van der Waals surface area contributed by atoms with Crippen LogP contribution in [0.5, 0.6) is 0 Å². The van der Waals surface area contributed by atoms with Crippen molar-refractivity contribution in [2.24, 2.45) is 5.92 Å². The SMILES string of the molecule is Cc1ccc(C(=O)NC(C(=O)NCC(C)O)C(C)C)cc1. The first kappa shape index (κ1) is 17.2. The molecule has 1 aromatic carbocycles. The second kappa shape index (κ2) is 7.78. The zero-order chi connectivity index (χ0) is 16.0. The first-order valence-corrected chi connectivity index (χ1v) is 7.14. The molecular formula is C16H24N2O3. The molecule has 0 fully saturated rings. The molecule has 2 atom stereocenters. The van der Waals surface area contributed by atoms with Crippen molar-refractivity contribution in [3.8, 4) is 0 Å². The van der Waals surface area contributed by atoms with Gasteiger partial charge in [0.1, 0.15) is 6.04 Å². The van der Waals surface area contributed by atoms with Gasteiger partial charge in [0.15, 0.2) is 0 Å². The van der Waals surface area contributed by atoms with Crippen LogP contribution in [0.15, 0.2) is 24.3 Å². The minimum atomic E-state index is -0.627. The molecule has 0 aliphatic carbocycles. The van der Waals surface area contributed by atoms with E-state index in [-0.39, 0.29) is 24.3 Å². The van der Waals surface area contributed by atoms with Crippen molar-refractivity contribution in [1.82, 2.24) is 10.6 Å². The highest BCUT2D eigenvalue weighted by atomic mass is 16.3. The predicted molar refractivity (Wildman–Crippen MR) is 82.0 cm³/mol. The second-order valence-electron chi connectivity index (χ2n) is 5.66. The number of aliphatic hydroxyl groups is 1. The molecule has 0 saturated carbocycles. The zero-order valence-corrected chi connectivity index (χ0v) is 13.0. The Morgan fingerprint density at radius 1 is 1.14 bits per heavy atom. The number of carbonyl (C=O) groups is 2.